The molecule has 16 heavy (non-hydrogen) atoms. The molecule has 0 bridgehead atoms. The Morgan fingerprint density at radius 1 is 1.06 bits per heavy atom. The number of carboxylic acids is 2. The van der Waals surface area contributed by atoms with Gasteiger partial charge in [0.05, 0.1) is 0 Å². The van der Waals surface area contributed by atoms with Crippen molar-refractivity contribution in [2.75, 3.05) is 0 Å². The van der Waals surface area contributed by atoms with Gasteiger partial charge in [0.1, 0.15) is 0 Å². The quantitative estimate of drug-likeness (QED) is 0.575. The Balaban J connectivity index is 5.51. The lowest BCUT2D eigenvalue weighted by Crippen LogP contribution is -2.25. The van der Waals surface area contributed by atoms with Gasteiger partial charge >= 0.3 is 11.9 Å². The third kappa shape index (κ3) is 4.61. The van der Waals surface area contributed by atoms with Crippen LogP contribution in [0.5, 0.6) is 0 Å². The normalized spacial score (nSPS) is 13.6. The molecule has 0 aromatic rings. The molecule has 5 heteroatoms. The molecule has 0 heterocycles. The first-order chi connectivity index (χ1) is 7.06. The third-order valence-electron chi connectivity index (χ3n) is 2.10. The van der Waals surface area contributed by atoms with Crippen LogP contribution in [0.3, 0.4) is 0 Å². The number of hydrogen-bond donors (Lipinski definition) is 2. The van der Waals surface area contributed by atoms with Crippen LogP contribution in [0.4, 0.5) is 0 Å². The van der Waals surface area contributed by atoms with Crippen LogP contribution in [0.15, 0.2) is 11.1 Å². The van der Waals surface area contributed by atoms with E-state index in [0.717, 1.165) is 0 Å². The van der Waals surface area contributed by atoms with Crippen molar-refractivity contribution in [1.29, 1.82) is 0 Å². The zero-order valence-electron chi connectivity index (χ0n) is 10.5. The zero-order valence-corrected chi connectivity index (χ0v) is 11.5. The maximum atomic E-state index is 11.1. The average Bonchev–Trinajstić information content (AvgIpc) is 1.98. The Labute approximate surface area is 97.0 Å². The Hall–Kier alpha value is -1.10. The van der Waals surface area contributed by atoms with Crippen LogP contribution in [0, 0.1) is 5.92 Å². The minimum Gasteiger partial charge on any atom is -0.478 e. The van der Waals surface area contributed by atoms with Gasteiger partial charge in [-0.3, -0.25) is 0 Å². The Kier molecular flexibility index (Phi) is 4.93. The topological polar surface area (TPSA) is 74.6 Å². The molecule has 4 nitrogen and oxygen atoms in total. The molecule has 0 unspecified atom stereocenters. The van der Waals surface area contributed by atoms with Crippen LogP contribution in [0.2, 0.25) is 25.7 Å². The highest BCUT2D eigenvalue weighted by Gasteiger charge is 2.27. The van der Waals surface area contributed by atoms with E-state index in [0.29, 0.717) is 6.04 Å². The fourth-order valence-electron chi connectivity index (χ4n) is 1.54. The molecule has 0 atom stereocenters. The minimum absolute atomic E-state index is 0.0370. The number of hydrogen-bond acceptors (Lipinski definition) is 2. The molecule has 0 spiro atoms. The second-order valence-corrected chi connectivity index (χ2v) is 10.9. The highest BCUT2D eigenvalue weighted by Crippen LogP contribution is 2.24. The lowest BCUT2D eigenvalue weighted by molar-refractivity contribution is -0.136. The van der Waals surface area contributed by atoms with Gasteiger partial charge in [-0.25, -0.2) is 9.59 Å². The van der Waals surface area contributed by atoms with E-state index in [-0.39, 0.29) is 17.1 Å². The Bertz CT molecular complexity index is 323. The van der Waals surface area contributed by atoms with Gasteiger partial charge in [0.15, 0.2) is 0 Å². The van der Waals surface area contributed by atoms with E-state index in [4.69, 9.17) is 10.2 Å². The van der Waals surface area contributed by atoms with Gasteiger partial charge in [0.2, 0.25) is 0 Å². The van der Waals surface area contributed by atoms with E-state index in [1.165, 1.54) is 0 Å². The largest absolute Gasteiger partial charge is 0.478 e. The van der Waals surface area contributed by atoms with Crippen LogP contribution in [-0.4, -0.2) is 30.2 Å². The van der Waals surface area contributed by atoms with E-state index in [2.05, 4.69) is 0 Å². The standard InChI is InChI=1S/C11H20O4Si/c1-7(2)9(11(14)15)8(10(12)13)6-16(3,4)5/h7H,6H2,1-5H3,(H,12,13)(H,14,15). The van der Waals surface area contributed by atoms with Gasteiger partial charge < -0.3 is 10.2 Å². The number of carboxylic acid groups (broad SMARTS) is 2. The Morgan fingerprint density at radius 3 is 1.69 bits per heavy atom. The molecule has 0 aromatic carbocycles. The number of carbonyl (C=O) groups is 2. The molecule has 92 valence electrons. The monoisotopic (exact) mass is 244 g/mol. The maximum absolute atomic E-state index is 11.1. The van der Waals surface area contributed by atoms with Gasteiger partial charge in [-0.15, -0.1) is 0 Å². The van der Waals surface area contributed by atoms with E-state index in [1.54, 1.807) is 13.8 Å². The smallest absolute Gasteiger partial charge is 0.332 e. The van der Waals surface area contributed by atoms with Crippen molar-refractivity contribution in [3.63, 3.8) is 0 Å². The summed E-state index contributed by atoms with van der Waals surface area (Å²) < 4.78 is 0. The molecule has 0 amide bonds. The van der Waals surface area contributed by atoms with Crippen LogP contribution in [-0.2, 0) is 9.59 Å². The molecule has 0 radical (unpaired) electrons. The summed E-state index contributed by atoms with van der Waals surface area (Å²) in [5, 5.41) is 18.2. The van der Waals surface area contributed by atoms with Gasteiger partial charge in [-0.1, -0.05) is 33.5 Å². The molecular weight excluding hydrogens is 224 g/mol. The zero-order chi connectivity index (χ0) is 13.1. The molecule has 0 saturated heterocycles. The van der Waals surface area contributed by atoms with Gasteiger partial charge in [0.25, 0.3) is 0 Å². The van der Waals surface area contributed by atoms with Gasteiger partial charge in [-0.2, -0.15) is 0 Å². The highest BCUT2D eigenvalue weighted by molar-refractivity contribution is 6.77. The van der Waals surface area contributed by atoms with Crippen molar-refractivity contribution in [2.45, 2.75) is 39.5 Å². The van der Waals surface area contributed by atoms with E-state index in [1.807, 2.05) is 19.6 Å². The second-order valence-electron chi connectivity index (χ2n) is 5.39. The molecule has 0 fully saturated rings. The number of aliphatic carboxylic acids is 2. The van der Waals surface area contributed by atoms with Crippen molar-refractivity contribution >= 4 is 20.0 Å². The molecule has 0 aliphatic carbocycles. The highest BCUT2D eigenvalue weighted by atomic mass is 28.3. The number of rotatable bonds is 5. The second kappa shape index (κ2) is 5.29. The maximum Gasteiger partial charge on any atom is 0.332 e. The fraction of sp³-hybridized carbons (Fsp3) is 0.636. The van der Waals surface area contributed by atoms with Crippen LogP contribution >= 0.6 is 0 Å². The molecule has 2 N–H and O–H groups in total. The summed E-state index contributed by atoms with van der Waals surface area (Å²) in [5.74, 6) is -2.50. The molecule has 0 rings (SSSR count). The summed E-state index contributed by atoms with van der Waals surface area (Å²) in [6.07, 6.45) is 0. The summed E-state index contributed by atoms with van der Waals surface area (Å²) in [4.78, 5) is 22.2. The first-order valence-corrected chi connectivity index (χ1v) is 8.96. The van der Waals surface area contributed by atoms with Crippen molar-refractivity contribution in [1.82, 2.24) is 0 Å². The Morgan fingerprint density at radius 2 is 1.50 bits per heavy atom. The van der Waals surface area contributed by atoms with Crippen molar-refractivity contribution < 1.29 is 19.8 Å². The summed E-state index contributed by atoms with van der Waals surface area (Å²) >= 11 is 0. The minimum atomic E-state index is -1.64. The lowest BCUT2D eigenvalue weighted by atomic mass is 9.98. The predicted octanol–water partition coefficient (Wildman–Crippen LogP) is 2.45. The van der Waals surface area contributed by atoms with Crippen molar-refractivity contribution in [3.8, 4) is 0 Å². The third-order valence-corrected chi connectivity index (χ3v) is 3.51. The molecule has 0 aliphatic rings. The van der Waals surface area contributed by atoms with E-state index < -0.39 is 20.0 Å². The summed E-state index contributed by atoms with van der Waals surface area (Å²) in [6, 6.07) is 0.391. The first-order valence-electron chi connectivity index (χ1n) is 5.26. The van der Waals surface area contributed by atoms with Gasteiger partial charge in [-0.05, 0) is 12.0 Å². The summed E-state index contributed by atoms with van der Waals surface area (Å²) in [6.45, 7) is 9.48. The lowest BCUT2D eigenvalue weighted by Gasteiger charge is -2.19. The summed E-state index contributed by atoms with van der Waals surface area (Å²) in [7, 11) is -1.64. The predicted molar refractivity (Wildman–Crippen MR) is 65.3 cm³/mol. The van der Waals surface area contributed by atoms with Crippen LogP contribution in [0.25, 0.3) is 0 Å². The fourth-order valence-corrected chi connectivity index (χ4v) is 2.94. The van der Waals surface area contributed by atoms with Crippen molar-refractivity contribution in [2.24, 2.45) is 5.92 Å². The van der Waals surface area contributed by atoms with Crippen molar-refractivity contribution in [3.05, 3.63) is 11.1 Å². The summed E-state index contributed by atoms with van der Waals surface area (Å²) in [5.41, 5.74) is 0.108. The van der Waals surface area contributed by atoms with E-state index in [9.17, 15) is 9.59 Å². The molecular formula is C11H20O4Si. The van der Waals surface area contributed by atoms with Crippen LogP contribution < -0.4 is 0 Å². The average molecular weight is 244 g/mol. The SMILES string of the molecule is CC(C)C(C(=O)O)=C(C[Si](C)(C)C)C(=O)O. The van der Waals surface area contributed by atoms with Crippen LogP contribution in [0.1, 0.15) is 13.8 Å². The molecule has 0 aromatic heterocycles. The molecule has 0 aliphatic heterocycles. The molecule has 0 saturated carbocycles. The van der Waals surface area contributed by atoms with Gasteiger partial charge in [0, 0.05) is 19.2 Å². The first kappa shape index (κ1) is 14.9. The van der Waals surface area contributed by atoms with E-state index >= 15 is 0 Å².